The van der Waals surface area contributed by atoms with Gasteiger partial charge in [0.15, 0.2) is 5.78 Å². The Kier molecular flexibility index (Phi) is 9.16. The van der Waals surface area contributed by atoms with Crippen LogP contribution >= 0.6 is 0 Å². The Morgan fingerprint density at radius 2 is 1.82 bits per heavy atom. The van der Waals surface area contributed by atoms with Crippen LogP contribution in [0.4, 0.5) is 17.5 Å². The second-order valence-corrected chi connectivity index (χ2v) is 9.67. The molecule has 184 valence electrons. The molecule has 2 aromatic rings. The Labute approximate surface area is 204 Å². The summed E-state index contributed by atoms with van der Waals surface area (Å²) in [5.41, 5.74) is 3.72. The van der Waals surface area contributed by atoms with Gasteiger partial charge in [0.1, 0.15) is 5.82 Å². The number of hydrogen-bond acceptors (Lipinski definition) is 7. The first-order valence-electron chi connectivity index (χ1n) is 12.6. The summed E-state index contributed by atoms with van der Waals surface area (Å²) < 4.78 is 0. The summed E-state index contributed by atoms with van der Waals surface area (Å²) in [6.07, 6.45) is 8.50. The summed E-state index contributed by atoms with van der Waals surface area (Å²) in [6.45, 7) is 16.7. The van der Waals surface area contributed by atoms with Crippen molar-refractivity contribution in [1.29, 1.82) is 0 Å². The Morgan fingerprint density at radius 1 is 1.09 bits per heavy atom. The molecule has 0 aliphatic carbocycles. The van der Waals surface area contributed by atoms with Crippen LogP contribution in [0.5, 0.6) is 0 Å². The van der Waals surface area contributed by atoms with Crippen LogP contribution in [0.3, 0.4) is 0 Å². The monoisotopic (exact) mass is 464 g/mol. The minimum absolute atomic E-state index is 0.0154. The maximum atomic E-state index is 12.6. The lowest BCUT2D eigenvalue weighted by Crippen LogP contribution is -2.48. The van der Waals surface area contributed by atoms with Gasteiger partial charge in [-0.25, -0.2) is 15.0 Å². The van der Waals surface area contributed by atoms with E-state index in [1.54, 1.807) is 6.20 Å². The van der Waals surface area contributed by atoms with Crippen molar-refractivity contribution in [3.63, 3.8) is 0 Å². The van der Waals surface area contributed by atoms with Crippen LogP contribution in [-0.2, 0) is 4.79 Å². The predicted octanol–water partition coefficient (Wildman–Crippen LogP) is 5.25. The van der Waals surface area contributed by atoms with Crippen molar-refractivity contribution in [3.05, 3.63) is 41.4 Å². The molecular formula is C27H40N6O. The highest BCUT2D eigenvalue weighted by Crippen LogP contribution is 2.22. The van der Waals surface area contributed by atoms with E-state index in [1.165, 1.54) is 0 Å². The summed E-state index contributed by atoms with van der Waals surface area (Å²) in [5.74, 6) is 1.40. The van der Waals surface area contributed by atoms with Crippen molar-refractivity contribution in [3.8, 4) is 0 Å². The van der Waals surface area contributed by atoms with E-state index >= 15 is 0 Å². The Bertz CT molecular complexity index is 975. The molecule has 1 fully saturated rings. The third-order valence-corrected chi connectivity index (χ3v) is 6.39. The summed E-state index contributed by atoms with van der Waals surface area (Å²) >= 11 is 0. The number of allylic oxidation sites excluding steroid dienone is 1. The van der Waals surface area contributed by atoms with Gasteiger partial charge >= 0.3 is 0 Å². The predicted molar refractivity (Wildman–Crippen MR) is 141 cm³/mol. The molecule has 0 spiro atoms. The van der Waals surface area contributed by atoms with Crippen molar-refractivity contribution in [2.45, 2.75) is 66.8 Å². The molecule has 0 saturated carbocycles. The van der Waals surface area contributed by atoms with Gasteiger partial charge in [0.25, 0.3) is 0 Å². The van der Waals surface area contributed by atoms with E-state index in [4.69, 9.17) is 0 Å². The number of nitrogens with zero attached hydrogens (tertiary/aromatic N) is 5. The number of Topliss-reactive ketones (excluding diaryl/α,β-unsaturated/α-hetero) is 1. The summed E-state index contributed by atoms with van der Waals surface area (Å²) in [7, 11) is 0. The van der Waals surface area contributed by atoms with Crippen LogP contribution in [-0.4, -0.2) is 57.9 Å². The lowest BCUT2D eigenvalue weighted by Gasteiger charge is -2.38. The molecule has 2 aromatic heterocycles. The number of pyridine rings is 1. The van der Waals surface area contributed by atoms with Crippen LogP contribution in [0.25, 0.3) is 6.08 Å². The summed E-state index contributed by atoms with van der Waals surface area (Å²) in [6, 6.07) is 4.67. The quantitative estimate of drug-likeness (QED) is 0.481. The van der Waals surface area contributed by atoms with E-state index in [9.17, 15) is 4.79 Å². The SMILES string of the molecule is CCCC/C(=C\c1cnc(Nc2ccc(N3CCN(C(C)C)CC3)cn2)nc1C)C(=O)C(C)C. The highest BCUT2D eigenvalue weighted by Gasteiger charge is 2.19. The van der Waals surface area contributed by atoms with Gasteiger partial charge < -0.3 is 10.2 Å². The molecule has 34 heavy (non-hydrogen) atoms. The molecule has 1 N–H and O–H groups in total. The minimum Gasteiger partial charge on any atom is -0.368 e. The topological polar surface area (TPSA) is 74.2 Å². The van der Waals surface area contributed by atoms with Crippen molar-refractivity contribution in [1.82, 2.24) is 19.9 Å². The molecule has 7 nitrogen and oxygen atoms in total. The molecule has 0 bridgehead atoms. The smallest absolute Gasteiger partial charge is 0.228 e. The Balaban J connectivity index is 1.66. The number of hydrogen-bond donors (Lipinski definition) is 1. The maximum absolute atomic E-state index is 12.6. The maximum Gasteiger partial charge on any atom is 0.228 e. The lowest BCUT2D eigenvalue weighted by atomic mass is 9.95. The zero-order valence-corrected chi connectivity index (χ0v) is 21.6. The molecule has 0 unspecified atom stereocenters. The van der Waals surface area contributed by atoms with E-state index in [0.29, 0.717) is 17.8 Å². The first kappa shape index (κ1) is 25.8. The van der Waals surface area contributed by atoms with Gasteiger partial charge in [-0.15, -0.1) is 0 Å². The molecule has 0 amide bonds. The number of anilines is 3. The third-order valence-electron chi connectivity index (χ3n) is 6.39. The fourth-order valence-electron chi connectivity index (χ4n) is 4.13. The standard InChI is InChI=1S/C27H40N6O/c1-7-8-9-22(26(34)19(2)3)16-23-17-29-27(30-21(23)6)31-25-11-10-24(18-28-25)33-14-12-32(13-15-33)20(4)5/h10-11,16-20H,7-9,12-15H2,1-6H3,(H,28,29,30,31)/b22-16+. The molecule has 1 saturated heterocycles. The largest absolute Gasteiger partial charge is 0.368 e. The number of aromatic nitrogens is 3. The molecule has 3 heterocycles. The zero-order valence-electron chi connectivity index (χ0n) is 21.6. The van der Waals surface area contributed by atoms with Gasteiger partial charge in [-0.2, -0.15) is 0 Å². The fraction of sp³-hybridized carbons (Fsp3) is 0.556. The number of ketones is 1. The van der Waals surface area contributed by atoms with Crippen LogP contribution in [0.15, 0.2) is 30.1 Å². The van der Waals surface area contributed by atoms with Gasteiger partial charge in [-0.05, 0) is 57.4 Å². The molecule has 1 aliphatic heterocycles. The van der Waals surface area contributed by atoms with Gasteiger partial charge in [0.05, 0.1) is 17.6 Å². The molecule has 0 radical (unpaired) electrons. The van der Waals surface area contributed by atoms with Gasteiger partial charge in [0, 0.05) is 49.9 Å². The molecule has 1 aliphatic rings. The second-order valence-electron chi connectivity index (χ2n) is 9.67. The first-order valence-corrected chi connectivity index (χ1v) is 12.6. The van der Waals surface area contributed by atoms with E-state index in [2.05, 4.69) is 56.9 Å². The number of aryl methyl sites for hydroxylation is 1. The van der Waals surface area contributed by atoms with Gasteiger partial charge in [-0.1, -0.05) is 27.2 Å². The van der Waals surface area contributed by atoms with Crippen LogP contribution in [0.1, 0.15) is 65.1 Å². The average molecular weight is 465 g/mol. The molecule has 3 rings (SSSR count). The van der Waals surface area contributed by atoms with Crippen LogP contribution < -0.4 is 10.2 Å². The number of carbonyl (C=O) groups is 1. The minimum atomic E-state index is -0.0154. The normalized spacial score (nSPS) is 15.3. The third kappa shape index (κ3) is 6.86. The van der Waals surface area contributed by atoms with E-state index in [-0.39, 0.29) is 11.7 Å². The van der Waals surface area contributed by atoms with Crippen molar-refractivity contribution < 1.29 is 4.79 Å². The Morgan fingerprint density at radius 3 is 2.38 bits per heavy atom. The van der Waals surface area contributed by atoms with Crippen LogP contribution in [0, 0.1) is 12.8 Å². The highest BCUT2D eigenvalue weighted by molar-refractivity contribution is 6.00. The van der Waals surface area contributed by atoms with E-state index < -0.39 is 0 Å². The molecular weight excluding hydrogens is 424 g/mol. The highest BCUT2D eigenvalue weighted by atomic mass is 16.1. The number of rotatable bonds is 10. The zero-order chi connectivity index (χ0) is 24.7. The van der Waals surface area contributed by atoms with E-state index in [0.717, 1.165) is 68.0 Å². The molecule has 0 aromatic carbocycles. The number of carbonyl (C=O) groups excluding carboxylic acids is 1. The van der Waals surface area contributed by atoms with Crippen molar-refractivity contribution in [2.75, 3.05) is 36.4 Å². The van der Waals surface area contributed by atoms with E-state index in [1.807, 2.05) is 39.1 Å². The van der Waals surface area contributed by atoms with Crippen molar-refractivity contribution in [2.24, 2.45) is 5.92 Å². The molecule has 7 heteroatoms. The van der Waals surface area contributed by atoms with Gasteiger partial charge in [0.2, 0.25) is 5.95 Å². The molecule has 0 atom stereocenters. The first-order chi connectivity index (χ1) is 16.3. The lowest BCUT2D eigenvalue weighted by molar-refractivity contribution is -0.118. The number of piperazine rings is 1. The van der Waals surface area contributed by atoms with Crippen LogP contribution in [0.2, 0.25) is 0 Å². The summed E-state index contributed by atoms with van der Waals surface area (Å²) in [5, 5.41) is 3.20. The fourth-order valence-corrected chi connectivity index (χ4v) is 4.13. The Hall–Kier alpha value is -2.80. The van der Waals surface area contributed by atoms with Gasteiger partial charge in [-0.3, -0.25) is 9.69 Å². The average Bonchev–Trinajstić information content (AvgIpc) is 2.83. The number of unbranched alkanes of at least 4 members (excludes halogenated alkanes) is 1. The van der Waals surface area contributed by atoms with Crippen molar-refractivity contribution >= 4 is 29.3 Å². The second kappa shape index (κ2) is 12.1. The summed E-state index contributed by atoms with van der Waals surface area (Å²) in [4.78, 5) is 31.2. The number of nitrogens with one attached hydrogen (secondary N) is 1.